The Labute approximate surface area is 151 Å². The lowest BCUT2D eigenvalue weighted by molar-refractivity contribution is 0.217. The zero-order chi connectivity index (χ0) is 18.1. The molecule has 0 saturated carbocycles. The van der Waals surface area contributed by atoms with Crippen molar-refractivity contribution in [3.63, 3.8) is 0 Å². The molecule has 1 aromatic heterocycles. The Balaban J connectivity index is 1.46. The largest absolute Gasteiger partial charge is 0.361 e. The highest BCUT2D eigenvalue weighted by atomic mass is 19.1. The molecule has 2 N–H and O–H groups in total. The van der Waals surface area contributed by atoms with Crippen LogP contribution in [0.2, 0.25) is 0 Å². The third-order valence-corrected chi connectivity index (χ3v) is 4.85. The number of halogens is 1. The van der Waals surface area contributed by atoms with Gasteiger partial charge < -0.3 is 15.2 Å². The lowest BCUT2D eigenvalue weighted by Crippen LogP contribution is -2.37. The molecule has 0 fully saturated rings. The molecule has 5 heteroatoms. The van der Waals surface area contributed by atoms with Gasteiger partial charge in [-0.1, -0.05) is 30.3 Å². The number of hydrogen-bond donors (Lipinski definition) is 2. The molecule has 0 atom stereocenters. The van der Waals surface area contributed by atoms with Crippen molar-refractivity contribution in [2.75, 3.05) is 18.4 Å². The Morgan fingerprint density at radius 2 is 2.08 bits per heavy atom. The number of nitrogens with one attached hydrogen (secondary N) is 2. The molecule has 2 heterocycles. The van der Waals surface area contributed by atoms with Gasteiger partial charge in [-0.3, -0.25) is 0 Å². The third kappa shape index (κ3) is 3.08. The van der Waals surface area contributed by atoms with Crippen molar-refractivity contribution in [1.29, 1.82) is 0 Å². The monoisotopic (exact) mass is 349 g/mol. The zero-order valence-corrected chi connectivity index (χ0v) is 14.6. The summed E-state index contributed by atoms with van der Waals surface area (Å²) in [5.41, 5.74) is 4.59. The van der Waals surface area contributed by atoms with E-state index in [1.54, 1.807) is 24.0 Å². The Hall–Kier alpha value is -3.08. The maximum Gasteiger partial charge on any atom is 0.322 e. The number of fused-ring (bicyclic) bond motifs is 1. The summed E-state index contributed by atoms with van der Waals surface area (Å²) in [7, 11) is 0. The maximum atomic E-state index is 13.6. The number of aromatic nitrogens is 1. The smallest absolute Gasteiger partial charge is 0.322 e. The highest BCUT2D eigenvalue weighted by molar-refractivity contribution is 5.94. The lowest BCUT2D eigenvalue weighted by Gasteiger charge is -2.26. The fourth-order valence-electron chi connectivity index (χ4n) is 3.31. The Morgan fingerprint density at radius 1 is 1.23 bits per heavy atom. The number of carbonyl (C=O) groups is 1. The van der Waals surface area contributed by atoms with Crippen molar-refractivity contribution >= 4 is 28.2 Å². The molecule has 1 aliphatic heterocycles. The van der Waals surface area contributed by atoms with Gasteiger partial charge in [0.25, 0.3) is 0 Å². The molecule has 0 saturated heterocycles. The topological polar surface area (TPSA) is 48.1 Å². The first-order valence-electron chi connectivity index (χ1n) is 8.69. The molecule has 2 aromatic carbocycles. The van der Waals surface area contributed by atoms with Gasteiger partial charge in [0.1, 0.15) is 5.82 Å². The number of nitrogens with zero attached hydrogens (tertiary/aromatic N) is 1. The first kappa shape index (κ1) is 16.4. The highest BCUT2D eigenvalue weighted by Crippen LogP contribution is 2.29. The molecular weight excluding hydrogens is 329 g/mol. The van der Waals surface area contributed by atoms with E-state index in [9.17, 15) is 9.18 Å². The molecule has 0 aliphatic carbocycles. The summed E-state index contributed by atoms with van der Waals surface area (Å²) < 4.78 is 13.6. The van der Waals surface area contributed by atoms with Crippen molar-refractivity contribution in [2.45, 2.75) is 13.3 Å². The number of amides is 2. The van der Waals surface area contributed by atoms with Crippen LogP contribution in [0.25, 0.3) is 16.5 Å². The van der Waals surface area contributed by atoms with Crippen LogP contribution in [0, 0.1) is 12.7 Å². The van der Waals surface area contributed by atoms with Crippen LogP contribution in [0.15, 0.2) is 54.7 Å². The number of benzene rings is 2. The first-order valence-corrected chi connectivity index (χ1v) is 8.69. The van der Waals surface area contributed by atoms with Gasteiger partial charge >= 0.3 is 6.03 Å². The minimum Gasteiger partial charge on any atom is -0.361 e. The quantitative estimate of drug-likeness (QED) is 0.677. The lowest BCUT2D eigenvalue weighted by atomic mass is 9.99. The van der Waals surface area contributed by atoms with Gasteiger partial charge in [-0.05, 0) is 42.7 Å². The van der Waals surface area contributed by atoms with Crippen molar-refractivity contribution in [2.24, 2.45) is 0 Å². The van der Waals surface area contributed by atoms with Crippen molar-refractivity contribution in [3.8, 4) is 0 Å². The maximum absolute atomic E-state index is 13.6. The van der Waals surface area contributed by atoms with E-state index in [-0.39, 0.29) is 11.8 Å². The molecule has 132 valence electrons. The fraction of sp³-hybridized carbons (Fsp3) is 0.190. The average Bonchev–Trinajstić information content (AvgIpc) is 3.09. The number of H-pyrrole nitrogens is 1. The van der Waals surface area contributed by atoms with Crippen LogP contribution in [0.3, 0.4) is 0 Å². The second-order valence-corrected chi connectivity index (χ2v) is 6.57. The number of hydrogen-bond acceptors (Lipinski definition) is 1. The summed E-state index contributed by atoms with van der Waals surface area (Å²) in [4.78, 5) is 17.5. The molecule has 0 unspecified atom stereocenters. The number of rotatable bonds is 2. The van der Waals surface area contributed by atoms with Gasteiger partial charge in [-0.25, -0.2) is 9.18 Å². The minimum absolute atomic E-state index is 0.206. The van der Waals surface area contributed by atoms with E-state index in [1.165, 1.54) is 22.6 Å². The van der Waals surface area contributed by atoms with Crippen LogP contribution in [0.4, 0.5) is 14.9 Å². The summed E-state index contributed by atoms with van der Waals surface area (Å²) in [6, 6.07) is 12.7. The number of aryl methyl sites for hydroxylation is 1. The summed E-state index contributed by atoms with van der Waals surface area (Å²) in [5.74, 6) is -0.317. The molecule has 4 nitrogen and oxygen atoms in total. The summed E-state index contributed by atoms with van der Waals surface area (Å²) in [5, 5.41) is 3.97. The molecule has 4 rings (SSSR count). The number of urea groups is 1. The van der Waals surface area contributed by atoms with E-state index in [0.717, 1.165) is 11.9 Å². The van der Waals surface area contributed by atoms with E-state index < -0.39 is 0 Å². The predicted octanol–water partition coefficient (Wildman–Crippen LogP) is 4.94. The fourth-order valence-corrected chi connectivity index (χ4v) is 3.31. The number of carbonyl (C=O) groups excluding carboxylic acids is 1. The van der Waals surface area contributed by atoms with Crippen LogP contribution in [-0.4, -0.2) is 29.0 Å². The summed E-state index contributed by atoms with van der Waals surface area (Å²) in [6.45, 7) is 2.86. The third-order valence-electron chi connectivity index (χ3n) is 4.85. The van der Waals surface area contributed by atoms with Crippen LogP contribution < -0.4 is 5.32 Å². The second-order valence-electron chi connectivity index (χ2n) is 6.57. The molecule has 0 radical (unpaired) electrons. The molecule has 3 aromatic rings. The van der Waals surface area contributed by atoms with Gasteiger partial charge in [0, 0.05) is 41.4 Å². The number of aromatic amines is 1. The van der Waals surface area contributed by atoms with Gasteiger partial charge in [-0.15, -0.1) is 0 Å². The van der Waals surface area contributed by atoms with E-state index in [0.29, 0.717) is 24.3 Å². The Morgan fingerprint density at radius 3 is 2.85 bits per heavy atom. The summed E-state index contributed by atoms with van der Waals surface area (Å²) in [6.07, 6.45) is 4.91. The molecule has 0 spiro atoms. The minimum atomic E-state index is -0.317. The normalized spacial score (nSPS) is 14.4. The van der Waals surface area contributed by atoms with Gasteiger partial charge in [0.15, 0.2) is 0 Å². The average molecular weight is 349 g/mol. The molecule has 26 heavy (non-hydrogen) atoms. The van der Waals surface area contributed by atoms with Crippen LogP contribution >= 0.6 is 0 Å². The van der Waals surface area contributed by atoms with Crippen LogP contribution in [0.5, 0.6) is 0 Å². The van der Waals surface area contributed by atoms with Crippen molar-refractivity contribution in [1.82, 2.24) is 9.88 Å². The Bertz CT molecular complexity index is 1010. The predicted molar refractivity (Wildman–Crippen MR) is 103 cm³/mol. The second kappa shape index (κ2) is 6.67. The van der Waals surface area contributed by atoms with E-state index in [2.05, 4.69) is 28.5 Å². The molecule has 0 bridgehead atoms. The van der Waals surface area contributed by atoms with E-state index >= 15 is 0 Å². The number of anilines is 1. The van der Waals surface area contributed by atoms with Crippen LogP contribution in [0.1, 0.15) is 17.5 Å². The highest BCUT2D eigenvalue weighted by Gasteiger charge is 2.19. The van der Waals surface area contributed by atoms with Crippen molar-refractivity contribution in [3.05, 3.63) is 71.7 Å². The first-order chi connectivity index (χ1) is 12.6. The molecule has 1 aliphatic rings. The van der Waals surface area contributed by atoms with E-state index in [1.807, 2.05) is 18.3 Å². The molecular formula is C21H20FN3O. The van der Waals surface area contributed by atoms with Gasteiger partial charge in [0.05, 0.1) is 0 Å². The van der Waals surface area contributed by atoms with E-state index in [4.69, 9.17) is 0 Å². The van der Waals surface area contributed by atoms with Gasteiger partial charge in [0.2, 0.25) is 0 Å². The Kier molecular flexibility index (Phi) is 4.21. The molecule has 2 amide bonds. The van der Waals surface area contributed by atoms with Gasteiger partial charge in [-0.2, -0.15) is 0 Å². The van der Waals surface area contributed by atoms with Crippen LogP contribution in [-0.2, 0) is 0 Å². The zero-order valence-electron chi connectivity index (χ0n) is 14.6. The SMILES string of the molecule is Cc1ccc(NC(=O)N2CC=C(c3c[nH]c4ccccc34)CC2)cc1F. The standard InChI is InChI=1S/C21H20FN3O/c1-14-6-7-16(12-19(14)22)24-21(26)25-10-8-15(9-11-25)18-13-23-20-5-3-2-4-17(18)20/h2-8,12-13,23H,9-11H2,1H3,(H,24,26). The summed E-state index contributed by atoms with van der Waals surface area (Å²) >= 11 is 0. The van der Waals surface area contributed by atoms with Crippen molar-refractivity contribution < 1.29 is 9.18 Å². The number of para-hydroxylation sites is 1.